The summed E-state index contributed by atoms with van der Waals surface area (Å²) in [4.78, 5) is 4.24. The maximum Gasteiger partial charge on any atom is 0.0627 e. The van der Waals surface area contributed by atoms with E-state index in [0.29, 0.717) is 5.25 Å². The largest absolute Gasteiger partial charge is 0.392 e. The quantitative estimate of drug-likeness (QED) is 0.810. The molecule has 0 saturated heterocycles. The summed E-state index contributed by atoms with van der Waals surface area (Å²) in [6.07, 6.45) is 2.56. The Morgan fingerprint density at radius 3 is 2.79 bits per heavy atom. The number of aryl methyl sites for hydroxylation is 1. The molecule has 1 aromatic rings. The average Bonchev–Trinajstić information content (AvgIpc) is 2.19. The van der Waals surface area contributed by atoms with Crippen molar-refractivity contribution in [3.8, 4) is 0 Å². The van der Waals surface area contributed by atoms with Crippen LogP contribution in [0.4, 0.5) is 0 Å². The molecule has 0 radical (unpaired) electrons. The van der Waals surface area contributed by atoms with Crippen molar-refractivity contribution in [3.63, 3.8) is 0 Å². The smallest absolute Gasteiger partial charge is 0.0627 e. The number of pyridine rings is 1. The first-order valence-electron chi connectivity index (χ1n) is 4.89. The van der Waals surface area contributed by atoms with Gasteiger partial charge in [-0.05, 0) is 31.2 Å². The highest BCUT2D eigenvalue weighted by atomic mass is 32.2. The van der Waals surface area contributed by atoms with Gasteiger partial charge in [-0.25, -0.2) is 0 Å². The second kappa shape index (κ2) is 6.04. The van der Waals surface area contributed by atoms with E-state index >= 15 is 0 Å². The molecule has 78 valence electrons. The number of rotatable bonds is 5. The van der Waals surface area contributed by atoms with Gasteiger partial charge in [-0.1, -0.05) is 13.0 Å². The van der Waals surface area contributed by atoms with Gasteiger partial charge >= 0.3 is 0 Å². The Morgan fingerprint density at radius 2 is 2.21 bits per heavy atom. The number of hydrogen-bond donors (Lipinski definition) is 1. The normalized spacial score (nSPS) is 15.1. The molecule has 0 aliphatic heterocycles. The first-order valence-corrected chi connectivity index (χ1v) is 5.94. The summed E-state index contributed by atoms with van der Waals surface area (Å²) >= 11 is 1.79. The topological polar surface area (TPSA) is 33.1 Å². The zero-order valence-electron chi connectivity index (χ0n) is 8.68. The zero-order chi connectivity index (χ0) is 10.4. The fourth-order valence-electron chi connectivity index (χ4n) is 1.03. The van der Waals surface area contributed by atoms with Gasteiger partial charge in [0, 0.05) is 17.1 Å². The van der Waals surface area contributed by atoms with E-state index in [2.05, 4.69) is 4.98 Å². The highest BCUT2D eigenvalue weighted by molar-refractivity contribution is 7.99. The van der Waals surface area contributed by atoms with Crippen LogP contribution in [0, 0.1) is 0 Å². The van der Waals surface area contributed by atoms with Crippen molar-refractivity contribution in [3.05, 3.63) is 30.1 Å². The lowest BCUT2D eigenvalue weighted by Crippen LogP contribution is -2.16. The van der Waals surface area contributed by atoms with Crippen LogP contribution in [0.3, 0.4) is 0 Å². The van der Waals surface area contributed by atoms with Gasteiger partial charge in [-0.2, -0.15) is 11.8 Å². The van der Waals surface area contributed by atoms with E-state index in [0.717, 1.165) is 17.9 Å². The molecule has 1 heterocycles. The second-order valence-corrected chi connectivity index (χ2v) is 4.87. The van der Waals surface area contributed by atoms with Gasteiger partial charge in [0.25, 0.3) is 0 Å². The van der Waals surface area contributed by atoms with Crippen LogP contribution in [-0.4, -0.2) is 27.2 Å². The van der Waals surface area contributed by atoms with E-state index in [1.54, 1.807) is 11.8 Å². The molecule has 1 N–H and O–H groups in total. The van der Waals surface area contributed by atoms with Crippen LogP contribution in [0.25, 0.3) is 0 Å². The highest BCUT2D eigenvalue weighted by Crippen LogP contribution is 2.15. The Hall–Kier alpha value is -0.540. The lowest BCUT2D eigenvalue weighted by Gasteiger charge is -2.13. The third-order valence-electron chi connectivity index (χ3n) is 2.14. The lowest BCUT2D eigenvalue weighted by molar-refractivity contribution is 0.196. The monoisotopic (exact) mass is 211 g/mol. The van der Waals surface area contributed by atoms with E-state index in [4.69, 9.17) is 0 Å². The molecule has 0 spiro atoms. The van der Waals surface area contributed by atoms with Crippen LogP contribution in [0.5, 0.6) is 0 Å². The van der Waals surface area contributed by atoms with Gasteiger partial charge in [0.1, 0.15) is 0 Å². The summed E-state index contributed by atoms with van der Waals surface area (Å²) in [7, 11) is 0. The molecule has 1 rings (SSSR count). The molecule has 2 atom stereocenters. The van der Waals surface area contributed by atoms with Crippen LogP contribution < -0.4 is 0 Å². The Balaban J connectivity index is 2.22. The van der Waals surface area contributed by atoms with Crippen LogP contribution in [0.15, 0.2) is 24.4 Å². The van der Waals surface area contributed by atoms with E-state index in [1.165, 1.54) is 0 Å². The molecular formula is C11H17NOS. The van der Waals surface area contributed by atoms with Gasteiger partial charge in [0.05, 0.1) is 6.10 Å². The Bertz CT molecular complexity index is 251. The van der Waals surface area contributed by atoms with Crippen molar-refractivity contribution in [2.75, 3.05) is 5.75 Å². The Morgan fingerprint density at radius 1 is 1.43 bits per heavy atom. The third-order valence-corrected chi connectivity index (χ3v) is 3.50. The fraction of sp³-hybridized carbons (Fsp3) is 0.545. The SMILES string of the molecule is CC(O)C(C)SCCc1ccccn1. The standard InChI is InChI=1S/C11H17NOS/c1-9(13)10(2)14-8-6-11-5-3-4-7-12-11/h3-5,7,9-10,13H,6,8H2,1-2H3. The molecule has 0 fully saturated rings. The minimum absolute atomic E-state index is 0.233. The van der Waals surface area contributed by atoms with Gasteiger partial charge in [0.2, 0.25) is 0 Å². The van der Waals surface area contributed by atoms with E-state index in [-0.39, 0.29) is 6.10 Å². The summed E-state index contributed by atoms with van der Waals surface area (Å²) in [5, 5.41) is 9.59. The number of nitrogens with zero attached hydrogens (tertiary/aromatic N) is 1. The molecule has 0 aliphatic carbocycles. The van der Waals surface area contributed by atoms with E-state index < -0.39 is 0 Å². The van der Waals surface area contributed by atoms with Crippen LogP contribution in [-0.2, 0) is 6.42 Å². The first kappa shape index (κ1) is 11.5. The van der Waals surface area contributed by atoms with Crippen molar-refractivity contribution in [1.82, 2.24) is 4.98 Å². The molecule has 2 unspecified atom stereocenters. The molecule has 2 nitrogen and oxygen atoms in total. The maximum atomic E-state index is 9.28. The van der Waals surface area contributed by atoms with Gasteiger partial charge in [-0.15, -0.1) is 0 Å². The number of thioether (sulfide) groups is 1. The molecule has 0 amide bonds. The van der Waals surface area contributed by atoms with Gasteiger partial charge in [-0.3, -0.25) is 4.98 Å². The summed E-state index contributed by atoms with van der Waals surface area (Å²) < 4.78 is 0. The number of aliphatic hydroxyl groups is 1. The van der Waals surface area contributed by atoms with E-state index in [1.807, 2.05) is 38.2 Å². The molecule has 3 heteroatoms. The van der Waals surface area contributed by atoms with Crippen LogP contribution >= 0.6 is 11.8 Å². The van der Waals surface area contributed by atoms with E-state index in [9.17, 15) is 5.11 Å². The van der Waals surface area contributed by atoms with Crippen molar-refractivity contribution >= 4 is 11.8 Å². The molecule has 0 saturated carbocycles. The summed E-state index contributed by atoms with van der Waals surface area (Å²) in [6, 6.07) is 5.97. The minimum Gasteiger partial charge on any atom is -0.392 e. The minimum atomic E-state index is -0.233. The second-order valence-electron chi connectivity index (χ2n) is 3.39. The number of aliphatic hydroxyl groups excluding tert-OH is 1. The molecule has 0 aromatic carbocycles. The third kappa shape index (κ3) is 4.11. The number of hydrogen-bond acceptors (Lipinski definition) is 3. The average molecular weight is 211 g/mol. The molecule has 0 bridgehead atoms. The van der Waals surface area contributed by atoms with Crippen LogP contribution in [0.1, 0.15) is 19.5 Å². The first-order chi connectivity index (χ1) is 6.70. The maximum absolute atomic E-state index is 9.28. The van der Waals surface area contributed by atoms with Crippen molar-refractivity contribution in [2.24, 2.45) is 0 Å². The highest BCUT2D eigenvalue weighted by Gasteiger charge is 2.08. The summed E-state index contributed by atoms with van der Waals surface area (Å²) in [6.45, 7) is 3.88. The van der Waals surface area contributed by atoms with Gasteiger partial charge < -0.3 is 5.11 Å². The summed E-state index contributed by atoms with van der Waals surface area (Å²) in [5.41, 5.74) is 1.12. The zero-order valence-corrected chi connectivity index (χ0v) is 9.50. The van der Waals surface area contributed by atoms with Crippen molar-refractivity contribution < 1.29 is 5.11 Å². The molecule has 1 aromatic heterocycles. The van der Waals surface area contributed by atoms with Crippen LogP contribution in [0.2, 0.25) is 0 Å². The van der Waals surface area contributed by atoms with Crippen molar-refractivity contribution in [2.45, 2.75) is 31.6 Å². The molecule has 0 aliphatic rings. The fourth-order valence-corrected chi connectivity index (χ4v) is 2.01. The molecule has 14 heavy (non-hydrogen) atoms. The predicted octanol–water partition coefficient (Wildman–Crippen LogP) is 2.13. The Labute approximate surface area is 89.8 Å². The van der Waals surface area contributed by atoms with Gasteiger partial charge in [0.15, 0.2) is 0 Å². The summed E-state index contributed by atoms with van der Waals surface area (Å²) in [5.74, 6) is 1.02. The lowest BCUT2D eigenvalue weighted by atomic mass is 10.3. The number of aromatic nitrogens is 1. The molecular weight excluding hydrogens is 194 g/mol. The Kier molecular flexibility index (Phi) is 4.98. The predicted molar refractivity (Wildman–Crippen MR) is 61.5 cm³/mol. The van der Waals surface area contributed by atoms with Crippen molar-refractivity contribution in [1.29, 1.82) is 0 Å².